The van der Waals surface area contributed by atoms with E-state index in [-0.39, 0.29) is 11.4 Å². The second-order valence-electron chi connectivity index (χ2n) is 4.22. The quantitative estimate of drug-likeness (QED) is 0.520. The summed E-state index contributed by atoms with van der Waals surface area (Å²) in [5.74, 6) is 2.52. The summed E-state index contributed by atoms with van der Waals surface area (Å²) in [6.45, 7) is 6.60. The fourth-order valence-corrected chi connectivity index (χ4v) is 1.66. The lowest BCUT2D eigenvalue weighted by molar-refractivity contribution is -0.145. The minimum Gasteiger partial charge on any atom is -0.377 e. The third-order valence-electron chi connectivity index (χ3n) is 2.45. The molecule has 4 nitrogen and oxygen atoms in total. The molecule has 0 aromatic rings. The molecule has 1 aliphatic heterocycles. The Hall–Kier alpha value is -1.05. The Morgan fingerprint density at radius 1 is 1.67 bits per heavy atom. The molecule has 0 aromatic heterocycles. The molecule has 1 amide bonds. The molecule has 0 bridgehead atoms. The summed E-state index contributed by atoms with van der Waals surface area (Å²) < 4.78 is 5.34. The number of hydrogen-bond donors (Lipinski definition) is 1. The second-order valence-corrected chi connectivity index (χ2v) is 4.22. The van der Waals surface area contributed by atoms with Crippen LogP contribution in [0.15, 0.2) is 0 Å². The van der Waals surface area contributed by atoms with Gasteiger partial charge in [0.1, 0.15) is 0 Å². The van der Waals surface area contributed by atoms with Crippen molar-refractivity contribution >= 4 is 5.91 Å². The first-order chi connectivity index (χ1) is 7.08. The average molecular weight is 210 g/mol. The third kappa shape index (κ3) is 3.22. The maximum absolute atomic E-state index is 11.8. The Labute approximate surface area is 91.0 Å². The molecule has 0 aliphatic carbocycles. The van der Waals surface area contributed by atoms with E-state index < -0.39 is 0 Å². The molecule has 1 rings (SSSR count). The fourth-order valence-electron chi connectivity index (χ4n) is 1.66. The van der Waals surface area contributed by atoms with Crippen LogP contribution in [-0.4, -0.2) is 49.2 Å². The maximum Gasteiger partial charge on any atom is 0.237 e. The van der Waals surface area contributed by atoms with Crippen LogP contribution in [-0.2, 0) is 9.53 Å². The van der Waals surface area contributed by atoms with Gasteiger partial charge in [-0.25, -0.2) is 0 Å². The Morgan fingerprint density at radius 2 is 2.40 bits per heavy atom. The highest BCUT2D eigenvalue weighted by Gasteiger charge is 2.33. The first kappa shape index (κ1) is 12.0. The maximum atomic E-state index is 11.8. The van der Waals surface area contributed by atoms with Gasteiger partial charge >= 0.3 is 0 Å². The van der Waals surface area contributed by atoms with Gasteiger partial charge < -0.3 is 9.64 Å². The van der Waals surface area contributed by atoms with E-state index in [4.69, 9.17) is 11.2 Å². The number of rotatable bonds is 3. The zero-order valence-electron chi connectivity index (χ0n) is 9.38. The van der Waals surface area contributed by atoms with Gasteiger partial charge in [0.05, 0.1) is 31.8 Å². The van der Waals surface area contributed by atoms with Gasteiger partial charge in [0, 0.05) is 6.54 Å². The summed E-state index contributed by atoms with van der Waals surface area (Å²) in [5, 5.41) is 2.90. The lowest BCUT2D eigenvalue weighted by Gasteiger charge is -2.42. The molecule has 15 heavy (non-hydrogen) atoms. The summed E-state index contributed by atoms with van der Waals surface area (Å²) >= 11 is 0. The van der Waals surface area contributed by atoms with Gasteiger partial charge in [0.15, 0.2) is 0 Å². The Bertz CT molecular complexity index is 268. The minimum absolute atomic E-state index is 0.0820. The first-order valence-corrected chi connectivity index (χ1v) is 5.10. The van der Waals surface area contributed by atoms with Crippen LogP contribution in [0.25, 0.3) is 0 Å². The van der Waals surface area contributed by atoms with E-state index in [1.54, 1.807) is 0 Å². The van der Waals surface area contributed by atoms with Gasteiger partial charge in [-0.05, 0) is 13.8 Å². The molecule has 1 N–H and O–H groups in total. The molecule has 0 spiro atoms. The molecule has 0 atom stereocenters. The van der Waals surface area contributed by atoms with E-state index in [2.05, 4.69) is 11.2 Å². The predicted molar refractivity (Wildman–Crippen MR) is 58.3 cm³/mol. The van der Waals surface area contributed by atoms with Crippen molar-refractivity contribution in [1.82, 2.24) is 10.2 Å². The number of ether oxygens (including phenoxy) is 1. The zero-order valence-corrected chi connectivity index (χ0v) is 9.38. The molecule has 1 heterocycles. The lowest BCUT2D eigenvalue weighted by atomic mass is 10.0. The van der Waals surface area contributed by atoms with Crippen LogP contribution >= 0.6 is 0 Å². The lowest BCUT2D eigenvalue weighted by Crippen LogP contribution is -2.57. The molecule has 0 aromatic carbocycles. The Kier molecular flexibility index (Phi) is 4.13. The standard InChI is InChI=1S/C11H18N2O2/c1-4-5-12-8-10(14)13-6-7-15-9-11(13,2)3/h1,12H,5-9H2,2-3H3. The van der Waals surface area contributed by atoms with Crippen molar-refractivity contribution in [1.29, 1.82) is 0 Å². The van der Waals surface area contributed by atoms with Crippen LogP contribution in [0.4, 0.5) is 0 Å². The summed E-state index contributed by atoms with van der Waals surface area (Å²) in [5.41, 5.74) is -0.215. The normalized spacial score (nSPS) is 19.7. The Balaban J connectivity index is 2.47. The number of amides is 1. The molecular formula is C11H18N2O2. The predicted octanol–water partition coefficient (Wildman–Crippen LogP) is -0.153. The van der Waals surface area contributed by atoms with E-state index in [1.165, 1.54) is 0 Å². The number of morpholine rings is 1. The number of nitrogens with one attached hydrogen (secondary N) is 1. The smallest absolute Gasteiger partial charge is 0.237 e. The van der Waals surface area contributed by atoms with Crippen molar-refractivity contribution in [3.63, 3.8) is 0 Å². The second kappa shape index (κ2) is 5.15. The summed E-state index contributed by atoms with van der Waals surface area (Å²) in [6.07, 6.45) is 5.09. The highest BCUT2D eigenvalue weighted by molar-refractivity contribution is 5.79. The van der Waals surface area contributed by atoms with Gasteiger partial charge in [-0.15, -0.1) is 6.42 Å². The molecule has 1 saturated heterocycles. The van der Waals surface area contributed by atoms with Crippen LogP contribution in [0.5, 0.6) is 0 Å². The van der Waals surface area contributed by atoms with Gasteiger partial charge in [-0.2, -0.15) is 0 Å². The molecule has 4 heteroatoms. The highest BCUT2D eigenvalue weighted by atomic mass is 16.5. The van der Waals surface area contributed by atoms with Crippen LogP contribution in [0.3, 0.4) is 0 Å². The largest absolute Gasteiger partial charge is 0.377 e. The van der Waals surface area contributed by atoms with E-state index >= 15 is 0 Å². The van der Waals surface area contributed by atoms with Crippen LogP contribution in [0.1, 0.15) is 13.8 Å². The third-order valence-corrected chi connectivity index (χ3v) is 2.45. The highest BCUT2D eigenvalue weighted by Crippen LogP contribution is 2.18. The minimum atomic E-state index is -0.215. The van der Waals surface area contributed by atoms with Crippen molar-refractivity contribution in [3.05, 3.63) is 0 Å². The first-order valence-electron chi connectivity index (χ1n) is 5.10. The topological polar surface area (TPSA) is 41.6 Å². The van der Waals surface area contributed by atoms with E-state index in [9.17, 15) is 4.79 Å². The average Bonchev–Trinajstić information content (AvgIpc) is 2.17. The zero-order chi connectivity index (χ0) is 11.3. The van der Waals surface area contributed by atoms with Crippen molar-refractivity contribution in [2.24, 2.45) is 0 Å². The number of nitrogens with zero attached hydrogens (tertiary/aromatic N) is 1. The van der Waals surface area contributed by atoms with E-state index in [0.29, 0.717) is 32.8 Å². The van der Waals surface area contributed by atoms with Crippen LogP contribution < -0.4 is 5.32 Å². The van der Waals surface area contributed by atoms with Gasteiger partial charge in [-0.1, -0.05) is 5.92 Å². The molecule has 0 unspecified atom stereocenters. The molecular weight excluding hydrogens is 192 g/mol. The van der Waals surface area contributed by atoms with Crippen molar-refractivity contribution < 1.29 is 9.53 Å². The summed E-state index contributed by atoms with van der Waals surface area (Å²) in [6, 6.07) is 0. The molecule has 0 radical (unpaired) electrons. The molecule has 1 aliphatic rings. The molecule has 84 valence electrons. The van der Waals surface area contributed by atoms with Gasteiger partial charge in [0.2, 0.25) is 5.91 Å². The van der Waals surface area contributed by atoms with Crippen molar-refractivity contribution in [3.8, 4) is 12.3 Å². The van der Waals surface area contributed by atoms with Crippen LogP contribution in [0.2, 0.25) is 0 Å². The SMILES string of the molecule is C#CCNCC(=O)N1CCOCC1(C)C. The fraction of sp³-hybridized carbons (Fsp3) is 0.727. The van der Waals surface area contributed by atoms with Gasteiger partial charge in [-0.3, -0.25) is 10.1 Å². The van der Waals surface area contributed by atoms with E-state index in [1.807, 2.05) is 18.7 Å². The number of carbonyl (C=O) groups excluding carboxylic acids is 1. The number of hydrogen-bond acceptors (Lipinski definition) is 3. The summed E-state index contributed by atoms with van der Waals surface area (Å²) in [4.78, 5) is 13.7. The van der Waals surface area contributed by atoms with E-state index in [0.717, 1.165) is 0 Å². The summed E-state index contributed by atoms with van der Waals surface area (Å²) in [7, 11) is 0. The molecule has 1 fully saturated rings. The van der Waals surface area contributed by atoms with Crippen LogP contribution in [0, 0.1) is 12.3 Å². The monoisotopic (exact) mass is 210 g/mol. The number of terminal acetylenes is 1. The van der Waals surface area contributed by atoms with Crippen molar-refractivity contribution in [2.45, 2.75) is 19.4 Å². The van der Waals surface area contributed by atoms with Gasteiger partial charge in [0.25, 0.3) is 0 Å². The Morgan fingerprint density at radius 3 is 3.00 bits per heavy atom. The van der Waals surface area contributed by atoms with Crippen molar-refractivity contribution in [2.75, 3.05) is 32.8 Å². The molecule has 0 saturated carbocycles. The number of carbonyl (C=O) groups is 1.